The fourth-order valence-corrected chi connectivity index (χ4v) is 4.93. The van der Waals surface area contributed by atoms with Gasteiger partial charge in [0.25, 0.3) is 5.91 Å². The maximum absolute atomic E-state index is 13.6. The van der Waals surface area contributed by atoms with Crippen LogP contribution in [0.3, 0.4) is 0 Å². The van der Waals surface area contributed by atoms with Gasteiger partial charge < -0.3 is 20.4 Å². The molecule has 0 spiro atoms. The monoisotopic (exact) mass is 491 g/mol. The number of amides is 4. The number of nitrogens with zero attached hydrogens (tertiary/aromatic N) is 3. The summed E-state index contributed by atoms with van der Waals surface area (Å²) in [6.07, 6.45) is 2.70. The van der Waals surface area contributed by atoms with E-state index < -0.39 is 0 Å². The molecule has 9 heteroatoms. The van der Waals surface area contributed by atoms with E-state index in [0.717, 1.165) is 31.5 Å². The van der Waals surface area contributed by atoms with Gasteiger partial charge in [-0.25, -0.2) is 0 Å². The second-order valence-corrected chi connectivity index (χ2v) is 9.12. The topological polar surface area (TPSA) is 102 Å². The van der Waals surface area contributed by atoms with Crippen molar-refractivity contribution in [3.05, 3.63) is 48.0 Å². The summed E-state index contributed by atoms with van der Waals surface area (Å²) in [4.78, 5) is 56.2. The summed E-state index contributed by atoms with van der Waals surface area (Å²) >= 11 is 0. The first-order valence-electron chi connectivity index (χ1n) is 12.5. The molecule has 0 radical (unpaired) electrons. The predicted octanol–water partition coefficient (Wildman–Crippen LogP) is 3.47. The maximum atomic E-state index is 13.6. The van der Waals surface area contributed by atoms with Crippen LogP contribution in [0.25, 0.3) is 0 Å². The number of carbonyl (C=O) groups is 4. The van der Waals surface area contributed by atoms with Gasteiger partial charge in [0.05, 0.1) is 11.4 Å². The van der Waals surface area contributed by atoms with Crippen molar-refractivity contribution in [2.75, 3.05) is 46.6 Å². The molecule has 1 fully saturated rings. The van der Waals surface area contributed by atoms with E-state index in [4.69, 9.17) is 0 Å². The van der Waals surface area contributed by atoms with E-state index in [1.165, 1.54) is 11.8 Å². The summed E-state index contributed by atoms with van der Waals surface area (Å²) in [6.45, 7) is 7.08. The minimum Gasteiger partial charge on any atom is -0.358 e. The Labute approximate surface area is 211 Å². The summed E-state index contributed by atoms with van der Waals surface area (Å²) in [5.74, 6) is -0.735. The molecule has 4 amide bonds. The molecule has 4 rings (SSSR count). The maximum Gasteiger partial charge on any atom is 0.253 e. The molecule has 9 nitrogen and oxygen atoms in total. The Morgan fingerprint density at radius 1 is 0.944 bits per heavy atom. The quantitative estimate of drug-likeness (QED) is 0.618. The Morgan fingerprint density at radius 2 is 1.61 bits per heavy atom. The predicted molar refractivity (Wildman–Crippen MR) is 140 cm³/mol. The lowest BCUT2D eigenvalue weighted by Gasteiger charge is -2.45. The fraction of sp³-hybridized carbons (Fsp3) is 0.407. The van der Waals surface area contributed by atoms with Crippen molar-refractivity contribution in [2.45, 2.75) is 46.1 Å². The Morgan fingerprint density at radius 3 is 2.25 bits per heavy atom. The van der Waals surface area contributed by atoms with Crippen molar-refractivity contribution in [1.29, 1.82) is 0 Å². The minimum absolute atomic E-state index is 0.0975. The largest absolute Gasteiger partial charge is 0.358 e. The average Bonchev–Trinajstić information content (AvgIpc) is 2.87. The molecule has 2 aromatic carbocycles. The molecular weight excluding hydrogens is 458 g/mol. The van der Waals surface area contributed by atoms with Gasteiger partial charge in [-0.15, -0.1) is 0 Å². The van der Waals surface area contributed by atoms with E-state index in [2.05, 4.69) is 15.5 Å². The second-order valence-electron chi connectivity index (χ2n) is 9.12. The third-order valence-corrected chi connectivity index (χ3v) is 6.72. The van der Waals surface area contributed by atoms with Crippen LogP contribution in [0.15, 0.2) is 42.5 Å². The summed E-state index contributed by atoms with van der Waals surface area (Å²) in [7, 11) is 0. The zero-order chi connectivity index (χ0) is 25.8. The van der Waals surface area contributed by atoms with Crippen LogP contribution in [0.5, 0.6) is 0 Å². The number of hydrogen-bond donors (Lipinski definition) is 2. The van der Waals surface area contributed by atoms with Gasteiger partial charge in [0.15, 0.2) is 0 Å². The lowest BCUT2D eigenvalue weighted by molar-refractivity contribution is -0.123. The number of nitrogens with one attached hydrogen (secondary N) is 2. The van der Waals surface area contributed by atoms with Gasteiger partial charge in [-0.3, -0.25) is 24.1 Å². The van der Waals surface area contributed by atoms with E-state index in [0.29, 0.717) is 35.7 Å². The molecule has 1 atom stereocenters. The molecule has 2 N–H and O–H groups in total. The van der Waals surface area contributed by atoms with Crippen LogP contribution in [-0.4, -0.2) is 60.7 Å². The van der Waals surface area contributed by atoms with Crippen LogP contribution in [-0.2, 0) is 14.4 Å². The number of hydrogen-bond acceptors (Lipinski definition) is 5. The van der Waals surface area contributed by atoms with E-state index >= 15 is 0 Å². The lowest BCUT2D eigenvalue weighted by Crippen LogP contribution is -2.56. The van der Waals surface area contributed by atoms with Crippen molar-refractivity contribution in [3.63, 3.8) is 0 Å². The first kappa shape index (κ1) is 25.2. The van der Waals surface area contributed by atoms with Gasteiger partial charge >= 0.3 is 0 Å². The average molecular weight is 492 g/mol. The van der Waals surface area contributed by atoms with Gasteiger partial charge in [0.2, 0.25) is 17.7 Å². The molecule has 0 bridgehead atoms. The highest BCUT2D eigenvalue weighted by Crippen LogP contribution is 2.40. The molecule has 0 aliphatic carbocycles. The van der Waals surface area contributed by atoms with E-state index in [-0.39, 0.29) is 36.2 Å². The van der Waals surface area contributed by atoms with Gasteiger partial charge in [0.1, 0.15) is 12.6 Å². The zero-order valence-corrected chi connectivity index (χ0v) is 21.0. The molecule has 1 saturated heterocycles. The summed E-state index contributed by atoms with van der Waals surface area (Å²) in [5, 5.41) is 5.52. The third-order valence-electron chi connectivity index (χ3n) is 6.72. The highest BCUT2D eigenvalue weighted by molar-refractivity contribution is 6.11. The number of piperidine rings is 1. The summed E-state index contributed by atoms with van der Waals surface area (Å²) < 4.78 is 0. The normalized spacial score (nSPS) is 16.6. The third kappa shape index (κ3) is 5.19. The minimum atomic E-state index is -0.341. The molecular formula is C27H33N5O4. The molecule has 0 aromatic heterocycles. The van der Waals surface area contributed by atoms with Crippen LogP contribution in [0.2, 0.25) is 0 Å². The summed E-state index contributed by atoms with van der Waals surface area (Å²) in [6, 6.07) is 11.9. The first-order chi connectivity index (χ1) is 17.3. The number of carbonyl (C=O) groups excluding carboxylic acids is 4. The van der Waals surface area contributed by atoms with E-state index in [1.54, 1.807) is 35.2 Å². The molecule has 2 aliphatic heterocycles. The molecule has 2 aromatic rings. The van der Waals surface area contributed by atoms with Crippen LogP contribution in [0, 0.1) is 0 Å². The standard InChI is InChI=1S/C27H33N5O4/c1-4-30(5-2)26(35)19-9-14-22-24(16-19)32(27(36)23-8-6-7-15-31(22)23)17-25(34)29-21-12-10-20(11-13-21)28-18(3)33/h9-14,16,23H,4-8,15,17H2,1-3H3,(H,28,33)(H,29,34)/t23-/m1/s1. The van der Waals surface area contributed by atoms with Crippen molar-refractivity contribution in [2.24, 2.45) is 0 Å². The van der Waals surface area contributed by atoms with Crippen LogP contribution in [0.1, 0.15) is 50.4 Å². The van der Waals surface area contributed by atoms with Gasteiger partial charge in [0, 0.05) is 43.5 Å². The Hall–Kier alpha value is -3.88. The lowest BCUT2D eigenvalue weighted by atomic mass is 9.95. The number of anilines is 4. The number of benzene rings is 2. The van der Waals surface area contributed by atoms with Crippen LogP contribution >= 0.6 is 0 Å². The highest BCUT2D eigenvalue weighted by atomic mass is 16.2. The highest BCUT2D eigenvalue weighted by Gasteiger charge is 2.40. The van der Waals surface area contributed by atoms with E-state index in [9.17, 15) is 19.2 Å². The number of fused-ring (bicyclic) bond motifs is 3. The van der Waals surface area contributed by atoms with Crippen LogP contribution in [0.4, 0.5) is 22.7 Å². The van der Waals surface area contributed by atoms with Crippen molar-refractivity contribution in [1.82, 2.24) is 4.90 Å². The molecule has 0 unspecified atom stereocenters. The number of rotatable bonds is 7. The smallest absolute Gasteiger partial charge is 0.253 e. The summed E-state index contributed by atoms with van der Waals surface area (Å²) in [5.41, 5.74) is 3.15. The van der Waals surface area contributed by atoms with Crippen molar-refractivity contribution < 1.29 is 19.2 Å². The molecule has 36 heavy (non-hydrogen) atoms. The Balaban J connectivity index is 1.60. The van der Waals surface area contributed by atoms with Crippen molar-refractivity contribution >= 4 is 46.4 Å². The molecule has 0 saturated carbocycles. The zero-order valence-electron chi connectivity index (χ0n) is 21.0. The first-order valence-corrected chi connectivity index (χ1v) is 12.5. The molecule has 2 aliphatic rings. The van der Waals surface area contributed by atoms with E-state index in [1.807, 2.05) is 26.0 Å². The Bertz CT molecular complexity index is 1160. The second kappa shape index (κ2) is 10.8. The SMILES string of the molecule is CCN(CC)C(=O)c1ccc2c(c1)N(CC(=O)Nc1ccc(NC(C)=O)cc1)C(=O)[C@H]1CCCCN21. The van der Waals surface area contributed by atoms with Gasteiger partial charge in [-0.1, -0.05) is 0 Å². The van der Waals surface area contributed by atoms with Gasteiger partial charge in [-0.2, -0.15) is 0 Å². The van der Waals surface area contributed by atoms with Crippen LogP contribution < -0.4 is 20.4 Å². The fourth-order valence-electron chi connectivity index (χ4n) is 4.93. The van der Waals surface area contributed by atoms with Gasteiger partial charge in [-0.05, 0) is 75.6 Å². The molecule has 2 heterocycles. The molecule has 190 valence electrons. The Kier molecular flexibility index (Phi) is 7.57. The van der Waals surface area contributed by atoms with Crippen molar-refractivity contribution in [3.8, 4) is 0 Å².